The van der Waals surface area contributed by atoms with Crippen LogP contribution in [0.2, 0.25) is 0 Å². The average Bonchev–Trinajstić information content (AvgIpc) is 2.32. The van der Waals surface area contributed by atoms with Crippen LogP contribution in [0.15, 0.2) is 0 Å². The van der Waals surface area contributed by atoms with Crippen LogP contribution in [-0.2, 0) is 9.53 Å². The van der Waals surface area contributed by atoms with Crippen LogP contribution in [0, 0.1) is 0 Å². The number of hydrogen-bond donors (Lipinski definition) is 1. The van der Waals surface area contributed by atoms with Gasteiger partial charge in [0.15, 0.2) is 0 Å². The topological polar surface area (TPSA) is 44.8 Å². The number of rotatable bonds is 8. The summed E-state index contributed by atoms with van der Waals surface area (Å²) in [6.07, 6.45) is 0.736. The third-order valence-electron chi connectivity index (χ3n) is 3.11. The molecule has 0 heterocycles. The SMILES string of the molecule is CNC(C)(CCN(C)CCN(C)C)C(=O)OC. The second-order valence-electron chi connectivity index (χ2n) is 4.93. The van der Waals surface area contributed by atoms with Crippen LogP contribution in [0.4, 0.5) is 0 Å². The molecule has 102 valence electrons. The van der Waals surface area contributed by atoms with Crippen LogP contribution in [0.3, 0.4) is 0 Å². The molecule has 17 heavy (non-hydrogen) atoms. The molecule has 0 aromatic heterocycles. The maximum absolute atomic E-state index is 11.6. The van der Waals surface area contributed by atoms with E-state index in [9.17, 15) is 4.79 Å². The quantitative estimate of drug-likeness (QED) is 0.611. The number of methoxy groups -OCH3 is 1. The summed E-state index contributed by atoms with van der Waals surface area (Å²) in [6, 6.07) is 0. The predicted molar refractivity (Wildman–Crippen MR) is 70.1 cm³/mol. The van der Waals surface area contributed by atoms with Crippen LogP contribution in [0.5, 0.6) is 0 Å². The van der Waals surface area contributed by atoms with Crippen molar-refractivity contribution in [2.24, 2.45) is 0 Å². The molecule has 5 heteroatoms. The molecule has 0 saturated carbocycles. The second kappa shape index (κ2) is 7.63. The van der Waals surface area contributed by atoms with Crippen molar-refractivity contribution in [2.75, 3.05) is 54.9 Å². The van der Waals surface area contributed by atoms with Crippen molar-refractivity contribution < 1.29 is 9.53 Å². The van der Waals surface area contributed by atoms with Crippen molar-refractivity contribution in [1.82, 2.24) is 15.1 Å². The van der Waals surface area contributed by atoms with Crippen molar-refractivity contribution in [1.29, 1.82) is 0 Å². The van der Waals surface area contributed by atoms with E-state index in [2.05, 4.69) is 36.3 Å². The Balaban J connectivity index is 4.10. The van der Waals surface area contributed by atoms with Gasteiger partial charge in [0.05, 0.1) is 7.11 Å². The third-order valence-corrected chi connectivity index (χ3v) is 3.11. The lowest BCUT2D eigenvalue weighted by molar-refractivity contribution is -0.148. The minimum absolute atomic E-state index is 0.207. The van der Waals surface area contributed by atoms with Gasteiger partial charge in [0.1, 0.15) is 5.54 Å². The zero-order chi connectivity index (χ0) is 13.5. The number of likely N-dealkylation sites (N-methyl/N-ethyl adjacent to an activating group) is 3. The lowest BCUT2D eigenvalue weighted by atomic mass is 9.98. The van der Waals surface area contributed by atoms with E-state index in [4.69, 9.17) is 4.74 Å². The fourth-order valence-corrected chi connectivity index (χ4v) is 1.45. The lowest BCUT2D eigenvalue weighted by Gasteiger charge is -2.28. The molecule has 5 nitrogen and oxygen atoms in total. The Hall–Kier alpha value is -0.650. The highest BCUT2D eigenvalue weighted by atomic mass is 16.5. The molecule has 0 aliphatic heterocycles. The van der Waals surface area contributed by atoms with Crippen LogP contribution in [0.1, 0.15) is 13.3 Å². The molecule has 1 unspecified atom stereocenters. The number of ether oxygens (including phenoxy) is 1. The largest absolute Gasteiger partial charge is 0.468 e. The van der Waals surface area contributed by atoms with E-state index in [0.717, 1.165) is 26.1 Å². The minimum atomic E-state index is -0.596. The molecule has 0 aliphatic rings. The molecule has 0 spiro atoms. The number of carbonyl (C=O) groups excluding carboxylic acids is 1. The molecule has 0 aromatic rings. The van der Waals surface area contributed by atoms with E-state index in [1.807, 2.05) is 6.92 Å². The zero-order valence-corrected chi connectivity index (χ0v) is 12.0. The van der Waals surface area contributed by atoms with Crippen LogP contribution < -0.4 is 5.32 Å². The van der Waals surface area contributed by atoms with Gasteiger partial charge in [-0.3, -0.25) is 4.79 Å². The Morgan fingerprint density at radius 1 is 1.24 bits per heavy atom. The number of nitrogens with one attached hydrogen (secondary N) is 1. The summed E-state index contributed by atoms with van der Waals surface area (Å²) in [6.45, 7) is 4.75. The number of nitrogens with zero attached hydrogens (tertiary/aromatic N) is 2. The van der Waals surface area contributed by atoms with Crippen molar-refractivity contribution in [3.05, 3.63) is 0 Å². The fourth-order valence-electron chi connectivity index (χ4n) is 1.45. The first-order chi connectivity index (χ1) is 7.85. The first-order valence-electron chi connectivity index (χ1n) is 5.96. The van der Waals surface area contributed by atoms with Gasteiger partial charge in [-0.25, -0.2) is 0 Å². The van der Waals surface area contributed by atoms with Gasteiger partial charge < -0.3 is 19.9 Å². The van der Waals surface area contributed by atoms with E-state index in [1.54, 1.807) is 7.05 Å². The second-order valence-corrected chi connectivity index (χ2v) is 4.93. The van der Waals surface area contributed by atoms with Crippen molar-refractivity contribution in [3.63, 3.8) is 0 Å². The number of carbonyl (C=O) groups is 1. The summed E-state index contributed by atoms with van der Waals surface area (Å²) < 4.78 is 4.81. The average molecular weight is 245 g/mol. The predicted octanol–water partition coefficient (Wildman–Crippen LogP) is 0.0210. The highest BCUT2D eigenvalue weighted by molar-refractivity contribution is 5.80. The van der Waals surface area contributed by atoms with Gasteiger partial charge in [-0.1, -0.05) is 0 Å². The molecule has 0 bridgehead atoms. The summed E-state index contributed by atoms with van der Waals surface area (Å²) in [4.78, 5) is 16.0. The van der Waals surface area contributed by atoms with Crippen LogP contribution in [-0.4, -0.2) is 76.2 Å². The minimum Gasteiger partial charge on any atom is -0.468 e. The normalized spacial score (nSPS) is 15.1. The summed E-state index contributed by atoms with van der Waals surface area (Å²) >= 11 is 0. The van der Waals surface area contributed by atoms with Gasteiger partial charge in [-0.2, -0.15) is 0 Å². The maximum atomic E-state index is 11.6. The molecule has 1 atom stereocenters. The highest BCUT2D eigenvalue weighted by Gasteiger charge is 2.32. The van der Waals surface area contributed by atoms with Gasteiger partial charge in [0.2, 0.25) is 0 Å². The molecule has 0 rings (SSSR count). The Bertz CT molecular complexity index is 234. The van der Waals surface area contributed by atoms with E-state index < -0.39 is 5.54 Å². The van der Waals surface area contributed by atoms with Gasteiger partial charge >= 0.3 is 5.97 Å². The molecule has 0 amide bonds. The smallest absolute Gasteiger partial charge is 0.325 e. The molecule has 0 aliphatic carbocycles. The highest BCUT2D eigenvalue weighted by Crippen LogP contribution is 2.11. The molecular weight excluding hydrogens is 218 g/mol. The number of hydrogen-bond acceptors (Lipinski definition) is 5. The molecule has 0 fully saturated rings. The van der Waals surface area contributed by atoms with E-state index in [1.165, 1.54) is 7.11 Å². The monoisotopic (exact) mass is 245 g/mol. The van der Waals surface area contributed by atoms with Crippen LogP contribution in [0.25, 0.3) is 0 Å². The van der Waals surface area contributed by atoms with E-state index >= 15 is 0 Å². The fraction of sp³-hybridized carbons (Fsp3) is 0.917. The summed E-state index contributed by atoms with van der Waals surface area (Å²) in [7, 11) is 9.39. The Morgan fingerprint density at radius 2 is 1.82 bits per heavy atom. The van der Waals surface area contributed by atoms with Crippen molar-refractivity contribution in [2.45, 2.75) is 18.9 Å². The molecule has 1 N–H and O–H groups in total. The molecule has 0 saturated heterocycles. The molecular formula is C12H27N3O2. The van der Waals surface area contributed by atoms with Gasteiger partial charge in [0, 0.05) is 19.6 Å². The van der Waals surface area contributed by atoms with Gasteiger partial charge in [-0.15, -0.1) is 0 Å². The Morgan fingerprint density at radius 3 is 2.24 bits per heavy atom. The maximum Gasteiger partial charge on any atom is 0.325 e. The standard InChI is InChI=1S/C12H27N3O2/c1-12(13-2,11(16)17-6)7-8-15(5)10-9-14(3)4/h13H,7-10H2,1-6H3. The molecule has 0 aromatic carbocycles. The van der Waals surface area contributed by atoms with E-state index in [0.29, 0.717) is 0 Å². The Labute approximate surface area is 105 Å². The van der Waals surface area contributed by atoms with E-state index in [-0.39, 0.29) is 5.97 Å². The first-order valence-corrected chi connectivity index (χ1v) is 5.96. The number of esters is 1. The molecule has 0 radical (unpaired) electrons. The van der Waals surface area contributed by atoms with Crippen molar-refractivity contribution >= 4 is 5.97 Å². The van der Waals surface area contributed by atoms with Crippen molar-refractivity contribution in [3.8, 4) is 0 Å². The summed E-state index contributed by atoms with van der Waals surface area (Å²) in [5, 5.41) is 3.04. The van der Waals surface area contributed by atoms with Gasteiger partial charge in [0.25, 0.3) is 0 Å². The van der Waals surface area contributed by atoms with Gasteiger partial charge in [-0.05, 0) is 41.5 Å². The summed E-state index contributed by atoms with van der Waals surface area (Å²) in [5.74, 6) is -0.207. The summed E-state index contributed by atoms with van der Waals surface area (Å²) in [5.41, 5.74) is -0.596. The lowest BCUT2D eigenvalue weighted by Crippen LogP contribution is -2.50. The van der Waals surface area contributed by atoms with Crippen LogP contribution >= 0.6 is 0 Å². The third kappa shape index (κ3) is 6.00. The zero-order valence-electron chi connectivity index (χ0n) is 12.0. The Kier molecular flexibility index (Phi) is 7.34. The first kappa shape index (κ1) is 16.4.